The molecule has 2 heterocycles. The fourth-order valence-corrected chi connectivity index (χ4v) is 4.51. The fraction of sp³-hybridized carbons (Fsp3) is 0.680. The lowest BCUT2D eigenvalue weighted by Crippen LogP contribution is -2.47. The second-order valence-electron chi connectivity index (χ2n) is 9.94. The number of hydrogen-bond acceptors (Lipinski definition) is 5. The van der Waals surface area contributed by atoms with Crippen LogP contribution in [0.15, 0.2) is 30.3 Å². The lowest BCUT2D eigenvalue weighted by Gasteiger charge is -2.34. The van der Waals surface area contributed by atoms with Crippen molar-refractivity contribution < 1.29 is 14.3 Å². The number of amides is 1. The molecule has 0 aromatic heterocycles. The highest BCUT2D eigenvalue weighted by Gasteiger charge is 2.31. The molecule has 0 bridgehead atoms. The zero-order chi connectivity index (χ0) is 22.3. The second-order valence-corrected chi connectivity index (χ2v) is 9.94. The van der Waals surface area contributed by atoms with Crippen LogP contribution in [-0.4, -0.2) is 77.5 Å². The molecular formula is C25H41N3O3S. The van der Waals surface area contributed by atoms with E-state index in [1.165, 1.54) is 5.56 Å². The van der Waals surface area contributed by atoms with Crippen molar-refractivity contribution in [2.45, 2.75) is 71.1 Å². The first-order valence-electron chi connectivity index (χ1n) is 11.8. The van der Waals surface area contributed by atoms with Crippen LogP contribution >= 0.6 is 13.5 Å². The lowest BCUT2D eigenvalue weighted by molar-refractivity contribution is -0.120. The molecule has 2 aliphatic heterocycles. The molecule has 3 rings (SSSR count). The summed E-state index contributed by atoms with van der Waals surface area (Å²) in [5, 5.41) is 0. The minimum absolute atomic E-state index is 0. The molecule has 7 heteroatoms. The number of carbonyl (C=O) groups is 2. The van der Waals surface area contributed by atoms with Crippen molar-refractivity contribution in [2.24, 2.45) is 0 Å². The number of nitrogens with zero attached hydrogens (tertiary/aromatic N) is 3. The third-order valence-electron chi connectivity index (χ3n) is 6.11. The van der Waals surface area contributed by atoms with Gasteiger partial charge in [0.05, 0.1) is 6.54 Å². The zero-order valence-corrected chi connectivity index (χ0v) is 21.0. The Morgan fingerprint density at radius 3 is 2.31 bits per heavy atom. The maximum Gasteiger partial charge on any atom is 0.410 e. The Kier molecular flexibility index (Phi) is 10.5. The average Bonchev–Trinajstić information content (AvgIpc) is 3.18. The molecule has 1 amide bonds. The monoisotopic (exact) mass is 463 g/mol. The van der Waals surface area contributed by atoms with E-state index in [-0.39, 0.29) is 25.6 Å². The molecule has 2 saturated heterocycles. The van der Waals surface area contributed by atoms with Gasteiger partial charge in [0.25, 0.3) is 0 Å². The molecule has 0 N–H and O–H groups in total. The van der Waals surface area contributed by atoms with Crippen LogP contribution in [0, 0.1) is 0 Å². The van der Waals surface area contributed by atoms with Crippen LogP contribution in [0.2, 0.25) is 0 Å². The fourth-order valence-electron chi connectivity index (χ4n) is 4.51. The number of ether oxygens (including phenoxy) is 1. The predicted octanol–water partition coefficient (Wildman–Crippen LogP) is 4.06. The Hall–Kier alpha value is -1.57. The molecule has 0 spiro atoms. The summed E-state index contributed by atoms with van der Waals surface area (Å²) < 4.78 is 5.54. The van der Waals surface area contributed by atoms with E-state index in [9.17, 15) is 9.59 Å². The highest BCUT2D eigenvalue weighted by atomic mass is 32.1. The number of hydrogen-bond donors (Lipinski definition) is 0. The van der Waals surface area contributed by atoms with Gasteiger partial charge in [0.2, 0.25) is 0 Å². The maximum absolute atomic E-state index is 12.5. The number of piperazine rings is 1. The Balaban J connectivity index is 0.00000363. The van der Waals surface area contributed by atoms with Crippen molar-refractivity contribution in [3.8, 4) is 0 Å². The SMILES string of the molecule is CC(C)(C)OC(=O)N1CCCC1CCCC(=O)CN1CCN(Cc2ccccc2)CC1.S. The Bertz CT molecular complexity index is 715. The zero-order valence-electron chi connectivity index (χ0n) is 20.0. The highest BCUT2D eigenvalue weighted by Crippen LogP contribution is 2.24. The lowest BCUT2D eigenvalue weighted by atomic mass is 10.1. The average molecular weight is 464 g/mol. The van der Waals surface area contributed by atoms with Crippen LogP contribution in [0.5, 0.6) is 0 Å². The molecule has 1 aromatic carbocycles. The quantitative estimate of drug-likeness (QED) is 0.582. The first kappa shape index (κ1) is 26.7. The summed E-state index contributed by atoms with van der Waals surface area (Å²) in [7, 11) is 0. The van der Waals surface area contributed by atoms with E-state index in [0.29, 0.717) is 18.7 Å². The first-order chi connectivity index (χ1) is 14.8. The molecule has 0 radical (unpaired) electrons. The molecule has 0 saturated carbocycles. The molecule has 2 fully saturated rings. The summed E-state index contributed by atoms with van der Waals surface area (Å²) in [6.07, 6.45) is 4.15. The Morgan fingerprint density at radius 1 is 1.00 bits per heavy atom. The number of rotatable bonds is 8. The number of Topliss-reactive ketones (excluding diaryl/α,β-unsaturated/α-hetero) is 1. The van der Waals surface area contributed by atoms with Crippen molar-refractivity contribution in [1.82, 2.24) is 14.7 Å². The van der Waals surface area contributed by atoms with Gasteiger partial charge < -0.3 is 9.64 Å². The van der Waals surface area contributed by atoms with Gasteiger partial charge in [-0.25, -0.2) is 4.79 Å². The standard InChI is InChI=1S/C25H39N3O3.H2S/c1-25(2,3)31-24(30)28-14-8-12-22(28)11-7-13-23(29)20-27-17-15-26(16-18-27)19-21-9-5-4-6-10-21;/h4-6,9-10,22H,7-8,11-20H2,1-3H3;1H2. The summed E-state index contributed by atoms with van der Waals surface area (Å²) >= 11 is 0. The topological polar surface area (TPSA) is 53.1 Å². The van der Waals surface area contributed by atoms with Gasteiger partial charge in [-0.1, -0.05) is 30.3 Å². The van der Waals surface area contributed by atoms with Crippen LogP contribution in [0.4, 0.5) is 4.79 Å². The molecule has 6 nitrogen and oxygen atoms in total. The van der Waals surface area contributed by atoms with Crippen LogP contribution in [-0.2, 0) is 16.1 Å². The molecule has 32 heavy (non-hydrogen) atoms. The molecule has 2 aliphatic rings. The van der Waals surface area contributed by atoms with Gasteiger partial charge >= 0.3 is 6.09 Å². The molecule has 1 unspecified atom stereocenters. The van der Waals surface area contributed by atoms with Crippen LogP contribution in [0.3, 0.4) is 0 Å². The summed E-state index contributed by atoms with van der Waals surface area (Å²) in [6.45, 7) is 11.9. The van der Waals surface area contributed by atoms with Gasteiger partial charge in [-0.15, -0.1) is 0 Å². The first-order valence-corrected chi connectivity index (χ1v) is 11.8. The van der Waals surface area contributed by atoms with Gasteiger partial charge in [0.15, 0.2) is 0 Å². The van der Waals surface area contributed by atoms with Crippen molar-refractivity contribution in [3.05, 3.63) is 35.9 Å². The Labute approximate surface area is 200 Å². The van der Waals surface area contributed by atoms with Gasteiger partial charge in [-0.05, 0) is 52.0 Å². The van der Waals surface area contributed by atoms with Crippen molar-refractivity contribution in [3.63, 3.8) is 0 Å². The van der Waals surface area contributed by atoms with Gasteiger partial charge in [0, 0.05) is 51.7 Å². The van der Waals surface area contributed by atoms with Gasteiger partial charge in [0.1, 0.15) is 11.4 Å². The van der Waals surface area contributed by atoms with Crippen LogP contribution in [0.1, 0.15) is 58.4 Å². The molecule has 1 aromatic rings. The normalized spacial score (nSPS) is 20.1. The molecule has 0 aliphatic carbocycles. The summed E-state index contributed by atoms with van der Waals surface area (Å²) in [5.74, 6) is 0.318. The molecular weight excluding hydrogens is 422 g/mol. The summed E-state index contributed by atoms with van der Waals surface area (Å²) in [5.41, 5.74) is 0.880. The molecule has 180 valence electrons. The van der Waals surface area contributed by atoms with E-state index >= 15 is 0 Å². The molecule has 1 atom stereocenters. The minimum atomic E-state index is -0.467. The van der Waals surface area contributed by atoms with Crippen LogP contribution in [0.25, 0.3) is 0 Å². The minimum Gasteiger partial charge on any atom is -0.444 e. The summed E-state index contributed by atoms with van der Waals surface area (Å²) in [6, 6.07) is 10.8. The number of likely N-dealkylation sites (tertiary alicyclic amines) is 1. The summed E-state index contributed by atoms with van der Waals surface area (Å²) in [4.78, 5) is 31.5. The van der Waals surface area contributed by atoms with Crippen molar-refractivity contribution in [2.75, 3.05) is 39.3 Å². The largest absolute Gasteiger partial charge is 0.444 e. The third kappa shape index (κ3) is 8.75. The maximum atomic E-state index is 12.5. The number of ketones is 1. The van der Waals surface area contributed by atoms with Crippen molar-refractivity contribution in [1.29, 1.82) is 0 Å². The van der Waals surface area contributed by atoms with E-state index in [1.807, 2.05) is 25.7 Å². The van der Waals surface area contributed by atoms with Crippen molar-refractivity contribution >= 4 is 25.4 Å². The van der Waals surface area contributed by atoms with E-state index in [2.05, 4.69) is 40.1 Å². The van der Waals surface area contributed by atoms with E-state index in [0.717, 1.165) is 65.0 Å². The predicted molar refractivity (Wildman–Crippen MR) is 133 cm³/mol. The van der Waals surface area contributed by atoms with Gasteiger partial charge in [-0.2, -0.15) is 13.5 Å². The van der Waals surface area contributed by atoms with Gasteiger partial charge in [-0.3, -0.25) is 14.6 Å². The third-order valence-corrected chi connectivity index (χ3v) is 6.11. The highest BCUT2D eigenvalue weighted by molar-refractivity contribution is 7.59. The second kappa shape index (κ2) is 12.6. The van der Waals surface area contributed by atoms with E-state index in [1.54, 1.807) is 0 Å². The number of benzene rings is 1. The Morgan fingerprint density at radius 2 is 1.66 bits per heavy atom. The van der Waals surface area contributed by atoms with E-state index < -0.39 is 5.60 Å². The smallest absolute Gasteiger partial charge is 0.410 e. The van der Waals surface area contributed by atoms with Crippen LogP contribution < -0.4 is 0 Å². The van der Waals surface area contributed by atoms with E-state index in [4.69, 9.17) is 4.74 Å². The number of carbonyl (C=O) groups excluding carboxylic acids is 2.